The number of rotatable bonds is 5. The van der Waals surface area contributed by atoms with E-state index in [-0.39, 0.29) is 12.4 Å². The fourth-order valence-corrected chi connectivity index (χ4v) is 3.59. The van der Waals surface area contributed by atoms with Gasteiger partial charge < -0.3 is 15.3 Å². The fraction of sp³-hybridized carbons (Fsp3) is 0.647. The minimum Gasteiger partial charge on any atom is -0.390 e. The molecule has 0 radical (unpaired) electrons. The Bertz CT molecular complexity index is 503. The summed E-state index contributed by atoms with van der Waals surface area (Å²) in [6.45, 7) is 3.46. The molecule has 0 bridgehead atoms. The normalized spacial score (nSPS) is 20.7. The maximum atomic E-state index is 14.4. The van der Waals surface area contributed by atoms with Crippen molar-refractivity contribution in [3.8, 4) is 0 Å². The summed E-state index contributed by atoms with van der Waals surface area (Å²) in [5, 5.41) is 12.4. The highest BCUT2D eigenvalue weighted by atomic mass is 35.5. The summed E-state index contributed by atoms with van der Waals surface area (Å²) in [5.41, 5.74) is 1.67. The second-order valence-corrected chi connectivity index (χ2v) is 6.39. The van der Waals surface area contributed by atoms with Crippen LogP contribution in [0.3, 0.4) is 0 Å². The summed E-state index contributed by atoms with van der Waals surface area (Å²) in [6.07, 6.45) is 2.38. The number of anilines is 1. The quantitative estimate of drug-likeness (QED) is 0.844. The molecule has 1 aromatic rings. The molecule has 7 heteroatoms. The Morgan fingerprint density at radius 1 is 1.04 bits per heavy atom. The van der Waals surface area contributed by atoms with Gasteiger partial charge >= 0.3 is 0 Å². The summed E-state index contributed by atoms with van der Waals surface area (Å²) >= 11 is 0. The smallest absolute Gasteiger partial charge is 0.289 e. The molecule has 0 amide bonds. The molecule has 24 heavy (non-hydrogen) atoms. The number of hydrogen-bond acceptors (Lipinski definition) is 4. The van der Waals surface area contributed by atoms with E-state index in [0.29, 0.717) is 31.7 Å². The predicted molar refractivity (Wildman–Crippen MR) is 94.4 cm³/mol. The monoisotopic (exact) mass is 361 g/mol. The Hall–Kier alpha value is -0.950. The Labute approximate surface area is 148 Å². The lowest BCUT2D eigenvalue weighted by atomic mass is 9.98. The average molecular weight is 362 g/mol. The lowest BCUT2D eigenvalue weighted by Crippen LogP contribution is -2.51. The van der Waals surface area contributed by atoms with Gasteiger partial charge in [0.2, 0.25) is 0 Å². The van der Waals surface area contributed by atoms with Gasteiger partial charge in [-0.3, -0.25) is 4.90 Å². The minimum absolute atomic E-state index is 0. The molecule has 1 aromatic carbocycles. The number of benzene rings is 1. The van der Waals surface area contributed by atoms with E-state index in [0.717, 1.165) is 18.8 Å². The standard InChI is InChI=1S/C17H25F2N3O.ClH/c18-17(19,13-23)16(22-11-7-20-8-12-22)14-3-5-15(6-4-14)21-9-1-2-10-21;/h3-6,16,20,23H,1-2,7-13H2;1H/t16-;/m1./s1. The topological polar surface area (TPSA) is 38.7 Å². The fourth-order valence-electron chi connectivity index (χ4n) is 3.59. The molecule has 2 aliphatic heterocycles. The second-order valence-electron chi connectivity index (χ2n) is 6.39. The lowest BCUT2D eigenvalue weighted by molar-refractivity contribution is -0.118. The van der Waals surface area contributed by atoms with Crippen LogP contribution in [-0.4, -0.2) is 61.8 Å². The van der Waals surface area contributed by atoms with Crippen molar-refractivity contribution in [1.29, 1.82) is 0 Å². The van der Waals surface area contributed by atoms with Crippen molar-refractivity contribution in [2.75, 3.05) is 50.8 Å². The Kier molecular flexibility index (Phi) is 6.80. The zero-order valence-electron chi connectivity index (χ0n) is 13.8. The molecule has 2 aliphatic rings. The largest absolute Gasteiger partial charge is 0.390 e. The number of hydrogen-bond donors (Lipinski definition) is 2. The number of piperazine rings is 1. The summed E-state index contributed by atoms with van der Waals surface area (Å²) in [7, 11) is 0. The van der Waals surface area contributed by atoms with Crippen LogP contribution in [-0.2, 0) is 0 Å². The molecule has 0 unspecified atom stereocenters. The molecule has 2 saturated heterocycles. The highest BCUT2D eigenvalue weighted by Crippen LogP contribution is 2.37. The van der Waals surface area contributed by atoms with Gasteiger partial charge in [-0.1, -0.05) is 12.1 Å². The van der Waals surface area contributed by atoms with E-state index in [1.165, 1.54) is 12.8 Å². The first-order valence-corrected chi connectivity index (χ1v) is 8.40. The minimum atomic E-state index is -3.15. The van der Waals surface area contributed by atoms with Crippen molar-refractivity contribution in [2.24, 2.45) is 0 Å². The molecular formula is C17H26ClF2N3O. The van der Waals surface area contributed by atoms with E-state index in [1.807, 2.05) is 12.1 Å². The van der Waals surface area contributed by atoms with Crippen LogP contribution in [0, 0.1) is 0 Å². The highest BCUT2D eigenvalue weighted by Gasteiger charge is 2.43. The van der Waals surface area contributed by atoms with Crippen molar-refractivity contribution in [3.63, 3.8) is 0 Å². The molecule has 0 aliphatic carbocycles. The molecular weight excluding hydrogens is 336 g/mol. The van der Waals surface area contributed by atoms with E-state index in [2.05, 4.69) is 10.2 Å². The van der Waals surface area contributed by atoms with E-state index in [4.69, 9.17) is 0 Å². The third kappa shape index (κ3) is 4.17. The molecule has 3 rings (SSSR count). The number of aliphatic hydroxyl groups is 1. The van der Waals surface area contributed by atoms with Crippen LogP contribution in [0.1, 0.15) is 24.4 Å². The van der Waals surface area contributed by atoms with Crippen LogP contribution in [0.2, 0.25) is 0 Å². The van der Waals surface area contributed by atoms with Crippen molar-refractivity contribution in [1.82, 2.24) is 10.2 Å². The molecule has 0 saturated carbocycles. The van der Waals surface area contributed by atoms with Crippen molar-refractivity contribution in [3.05, 3.63) is 29.8 Å². The number of halogens is 3. The third-order valence-corrected chi connectivity index (χ3v) is 4.81. The number of nitrogens with one attached hydrogen (secondary N) is 1. The van der Waals surface area contributed by atoms with Gasteiger partial charge in [-0.05, 0) is 30.5 Å². The van der Waals surface area contributed by atoms with Crippen LogP contribution in [0.5, 0.6) is 0 Å². The number of alkyl halides is 2. The van der Waals surface area contributed by atoms with Crippen LogP contribution in [0.4, 0.5) is 14.5 Å². The summed E-state index contributed by atoms with van der Waals surface area (Å²) < 4.78 is 28.7. The molecule has 2 fully saturated rings. The molecule has 2 heterocycles. The summed E-state index contributed by atoms with van der Waals surface area (Å²) in [6, 6.07) is 6.39. The first kappa shape index (κ1) is 19.4. The average Bonchev–Trinajstić information content (AvgIpc) is 3.11. The maximum absolute atomic E-state index is 14.4. The van der Waals surface area contributed by atoms with Crippen molar-refractivity contribution >= 4 is 18.1 Å². The Balaban J connectivity index is 0.00000208. The van der Waals surface area contributed by atoms with Crippen LogP contribution < -0.4 is 10.2 Å². The van der Waals surface area contributed by atoms with Crippen molar-refractivity contribution < 1.29 is 13.9 Å². The van der Waals surface area contributed by atoms with E-state index < -0.39 is 18.6 Å². The molecule has 2 N–H and O–H groups in total. The zero-order chi connectivity index (χ0) is 16.3. The summed E-state index contributed by atoms with van der Waals surface area (Å²) in [4.78, 5) is 4.06. The molecule has 4 nitrogen and oxygen atoms in total. The predicted octanol–water partition coefficient (Wildman–Crippen LogP) is 2.28. The highest BCUT2D eigenvalue weighted by molar-refractivity contribution is 5.85. The molecule has 1 atom stereocenters. The first-order valence-electron chi connectivity index (χ1n) is 8.40. The van der Waals surface area contributed by atoms with Gasteiger partial charge in [0.1, 0.15) is 12.6 Å². The number of nitrogens with zero attached hydrogens (tertiary/aromatic N) is 2. The number of aliphatic hydroxyl groups excluding tert-OH is 1. The van der Waals surface area contributed by atoms with Gasteiger partial charge in [-0.25, -0.2) is 8.78 Å². The van der Waals surface area contributed by atoms with E-state index >= 15 is 0 Å². The van der Waals surface area contributed by atoms with Gasteiger partial charge in [0.25, 0.3) is 5.92 Å². The van der Waals surface area contributed by atoms with Crippen LogP contribution in [0.25, 0.3) is 0 Å². The van der Waals surface area contributed by atoms with Gasteiger partial charge in [0.05, 0.1) is 0 Å². The van der Waals surface area contributed by atoms with E-state index in [9.17, 15) is 13.9 Å². The lowest BCUT2D eigenvalue weighted by Gasteiger charge is -2.38. The van der Waals surface area contributed by atoms with Gasteiger partial charge in [0, 0.05) is 45.0 Å². The Morgan fingerprint density at radius 3 is 2.17 bits per heavy atom. The van der Waals surface area contributed by atoms with Crippen LogP contribution in [0.15, 0.2) is 24.3 Å². The van der Waals surface area contributed by atoms with Crippen molar-refractivity contribution in [2.45, 2.75) is 24.8 Å². The molecule has 0 spiro atoms. The molecule has 136 valence electrons. The SMILES string of the molecule is Cl.OCC(F)(F)[C@@H](c1ccc(N2CCCC2)cc1)N1CCNCC1. The van der Waals surface area contributed by atoms with Gasteiger partial charge in [0.15, 0.2) is 0 Å². The Morgan fingerprint density at radius 2 is 1.62 bits per heavy atom. The van der Waals surface area contributed by atoms with Gasteiger partial charge in [-0.15, -0.1) is 12.4 Å². The first-order chi connectivity index (χ1) is 11.1. The van der Waals surface area contributed by atoms with E-state index in [1.54, 1.807) is 17.0 Å². The van der Waals surface area contributed by atoms with Gasteiger partial charge in [-0.2, -0.15) is 0 Å². The third-order valence-electron chi connectivity index (χ3n) is 4.81. The maximum Gasteiger partial charge on any atom is 0.289 e. The van der Waals surface area contributed by atoms with Crippen LogP contribution >= 0.6 is 12.4 Å². The second kappa shape index (κ2) is 8.43. The molecule has 0 aromatic heterocycles. The summed E-state index contributed by atoms with van der Waals surface area (Å²) in [5.74, 6) is -3.15. The zero-order valence-corrected chi connectivity index (χ0v) is 14.6.